The number of carbonyl (C=O) groups excluding carboxylic acids is 1. The van der Waals surface area contributed by atoms with E-state index in [1.165, 1.54) is 10.6 Å². The van der Waals surface area contributed by atoms with Crippen molar-refractivity contribution in [2.75, 3.05) is 6.54 Å². The van der Waals surface area contributed by atoms with E-state index >= 15 is 0 Å². The molecule has 10 heteroatoms. The summed E-state index contributed by atoms with van der Waals surface area (Å²) < 4.78 is 40.7. The van der Waals surface area contributed by atoms with E-state index in [2.05, 4.69) is 20.5 Å². The van der Waals surface area contributed by atoms with E-state index in [0.717, 1.165) is 22.5 Å². The molecule has 0 atom stereocenters. The summed E-state index contributed by atoms with van der Waals surface area (Å²) in [7, 11) is 0. The highest BCUT2D eigenvalue weighted by Crippen LogP contribution is 2.33. The highest BCUT2D eigenvalue weighted by atomic mass is 35.5. The van der Waals surface area contributed by atoms with Crippen LogP contribution in [0.1, 0.15) is 23.4 Å². The molecule has 0 saturated heterocycles. The van der Waals surface area contributed by atoms with Crippen molar-refractivity contribution in [2.45, 2.75) is 25.4 Å². The van der Waals surface area contributed by atoms with Crippen LogP contribution in [-0.4, -0.2) is 32.0 Å². The molecule has 0 saturated carbocycles. The second-order valence-electron chi connectivity index (χ2n) is 6.84. The number of aromatic nitrogens is 4. The third-order valence-electron chi connectivity index (χ3n) is 4.81. The summed E-state index contributed by atoms with van der Waals surface area (Å²) in [4.78, 5) is 15.3. The van der Waals surface area contributed by atoms with Crippen LogP contribution in [0.25, 0.3) is 16.6 Å². The predicted molar refractivity (Wildman–Crippen MR) is 106 cm³/mol. The Labute approximate surface area is 174 Å². The van der Waals surface area contributed by atoms with Crippen LogP contribution in [0.3, 0.4) is 0 Å². The number of nitrogens with zero attached hydrogens (tertiary/aromatic N) is 3. The molecule has 0 aliphatic rings. The summed E-state index contributed by atoms with van der Waals surface area (Å²) in [6, 6.07) is 8.67. The van der Waals surface area contributed by atoms with Gasteiger partial charge in [-0.2, -0.15) is 13.2 Å². The molecule has 0 unspecified atom stereocenters. The van der Waals surface area contributed by atoms with E-state index in [-0.39, 0.29) is 35.4 Å². The molecule has 0 aliphatic heterocycles. The van der Waals surface area contributed by atoms with Crippen molar-refractivity contribution in [3.63, 3.8) is 0 Å². The molecular weight excluding hydrogens is 419 g/mol. The van der Waals surface area contributed by atoms with Crippen molar-refractivity contribution in [1.29, 1.82) is 0 Å². The minimum absolute atomic E-state index is 0.0707. The van der Waals surface area contributed by atoms with Gasteiger partial charge in [0.25, 0.3) is 0 Å². The second-order valence-corrected chi connectivity index (χ2v) is 7.28. The van der Waals surface area contributed by atoms with Gasteiger partial charge in [0.2, 0.25) is 5.91 Å². The van der Waals surface area contributed by atoms with Gasteiger partial charge in [-0.3, -0.25) is 9.20 Å². The van der Waals surface area contributed by atoms with Crippen molar-refractivity contribution >= 4 is 34.1 Å². The first-order valence-electron chi connectivity index (χ1n) is 9.25. The molecule has 0 aliphatic carbocycles. The minimum atomic E-state index is -4.59. The van der Waals surface area contributed by atoms with E-state index in [0.29, 0.717) is 12.8 Å². The summed E-state index contributed by atoms with van der Waals surface area (Å²) in [5.74, 6) is 0.137. The summed E-state index contributed by atoms with van der Waals surface area (Å²) >= 11 is 5.83. The van der Waals surface area contributed by atoms with Gasteiger partial charge in [0.1, 0.15) is 11.4 Å². The number of alkyl halides is 3. The first-order valence-corrected chi connectivity index (χ1v) is 9.63. The van der Waals surface area contributed by atoms with Crippen molar-refractivity contribution in [3.05, 3.63) is 64.7 Å². The maximum absolute atomic E-state index is 13.2. The lowest BCUT2D eigenvalue weighted by atomic mass is 10.1. The summed E-state index contributed by atoms with van der Waals surface area (Å²) in [5.41, 5.74) is 0.811. The van der Waals surface area contributed by atoms with Crippen LogP contribution in [0.4, 0.5) is 13.2 Å². The van der Waals surface area contributed by atoms with E-state index in [1.807, 2.05) is 30.5 Å². The Morgan fingerprint density at radius 1 is 1.20 bits per heavy atom. The Hall–Kier alpha value is -3.07. The van der Waals surface area contributed by atoms with E-state index in [4.69, 9.17) is 11.6 Å². The molecule has 0 bridgehead atoms. The van der Waals surface area contributed by atoms with Gasteiger partial charge in [-0.25, -0.2) is 0 Å². The predicted octanol–water partition coefficient (Wildman–Crippen LogP) is 4.17. The molecular formula is C20H17ClF3N5O. The molecule has 3 heterocycles. The van der Waals surface area contributed by atoms with Crippen molar-refractivity contribution < 1.29 is 18.0 Å². The SMILES string of the molecule is O=C(CCc1c[nH]c2ccccc12)NCCc1nnc2c(C(F)(F)F)cc(Cl)cn12. The number of aromatic amines is 1. The third-order valence-corrected chi connectivity index (χ3v) is 5.02. The summed E-state index contributed by atoms with van der Waals surface area (Å²) in [6.45, 7) is 0.224. The van der Waals surface area contributed by atoms with Crippen molar-refractivity contribution in [2.24, 2.45) is 0 Å². The number of nitrogens with one attached hydrogen (secondary N) is 2. The van der Waals surface area contributed by atoms with Gasteiger partial charge in [-0.15, -0.1) is 10.2 Å². The number of halogens is 4. The van der Waals surface area contributed by atoms with Crippen LogP contribution in [-0.2, 0) is 23.8 Å². The molecule has 4 rings (SSSR count). The summed E-state index contributed by atoms with van der Waals surface area (Å²) in [6.07, 6.45) is -0.270. The number of pyridine rings is 1. The molecule has 0 radical (unpaired) electrons. The van der Waals surface area contributed by atoms with Crippen molar-refractivity contribution in [1.82, 2.24) is 24.9 Å². The Balaban J connectivity index is 1.37. The number of para-hydroxylation sites is 1. The molecule has 1 amide bonds. The number of carbonyl (C=O) groups is 1. The topological polar surface area (TPSA) is 75.1 Å². The van der Waals surface area contributed by atoms with Crippen LogP contribution in [0, 0.1) is 0 Å². The number of rotatable bonds is 6. The Morgan fingerprint density at radius 2 is 2.00 bits per heavy atom. The average Bonchev–Trinajstić information content (AvgIpc) is 3.29. The zero-order chi connectivity index (χ0) is 21.3. The Bertz CT molecular complexity index is 1210. The number of aryl methyl sites for hydroxylation is 1. The van der Waals surface area contributed by atoms with Crippen LogP contribution >= 0.6 is 11.6 Å². The largest absolute Gasteiger partial charge is 0.420 e. The highest BCUT2D eigenvalue weighted by Gasteiger charge is 2.35. The molecule has 1 aromatic carbocycles. The zero-order valence-corrected chi connectivity index (χ0v) is 16.4. The fraction of sp³-hybridized carbons (Fsp3) is 0.250. The van der Waals surface area contributed by atoms with Crippen LogP contribution < -0.4 is 5.32 Å². The van der Waals surface area contributed by atoms with Gasteiger partial charge < -0.3 is 10.3 Å². The van der Waals surface area contributed by atoms with Gasteiger partial charge >= 0.3 is 6.18 Å². The quantitative estimate of drug-likeness (QED) is 0.477. The molecule has 3 aromatic heterocycles. The highest BCUT2D eigenvalue weighted by molar-refractivity contribution is 6.30. The van der Waals surface area contributed by atoms with Gasteiger partial charge in [0.05, 0.1) is 5.02 Å². The number of hydrogen-bond donors (Lipinski definition) is 2. The fourth-order valence-corrected chi connectivity index (χ4v) is 3.58. The molecule has 0 fully saturated rings. The van der Waals surface area contributed by atoms with Gasteiger partial charge in [0.15, 0.2) is 5.65 Å². The lowest BCUT2D eigenvalue weighted by Crippen LogP contribution is -2.26. The number of amides is 1. The Kier molecular flexibility index (Phi) is 5.38. The van der Waals surface area contributed by atoms with E-state index in [9.17, 15) is 18.0 Å². The van der Waals surface area contributed by atoms with Gasteiger partial charge in [-0.05, 0) is 24.1 Å². The molecule has 4 aromatic rings. The third kappa shape index (κ3) is 4.11. The lowest BCUT2D eigenvalue weighted by Gasteiger charge is -2.09. The lowest BCUT2D eigenvalue weighted by molar-refractivity contribution is -0.136. The molecule has 30 heavy (non-hydrogen) atoms. The van der Waals surface area contributed by atoms with Crippen molar-refractivity contribution in [3.8, 4) is 0 Å². The average molecular weight is 436 g/mol. The minimum Gasteiger partial charge on any atom is -0.361 e. The van der Waals surface area contributed by atoms with Crippen LogP contribution in [0.2, 0.25) is 5.02 Å². The van der Waals surface area contributed by atoms with Gasteiger partial charge in [0, 0.05) is 42.7 Å². The molecule has 156 valence electrons. The standard InChI is InChI=1S/C20H17ClF3N5O/c21-13-9-15(20(22,23)24)19-28-27-17(29(19)11-13)7-8-25-18(30)6-5-12-10-26-16-4-2-1-3-14(12)16/h1-4,9-11,26H,5-8H2,(H,25,30). The first kappa shape index (κ1) is 20.2. The number of benzene rings is 1. The smallest absolute Gasteiger partial charge is 0.361 e. The Morgan fingerprint density at radius 3 is 2.80 bits per heavy atom. The van der Waals surface area contributed by atoms with Crippen LogP contribution in [0.5, 0.6) is 0 Å². The molecule has 2 N–H and O–H groups in total. The van der Waals surface area contributed by atoms with E-state index < -0.39 is 11.7 Å². The maximum Gasteiger partial charge on any atom is 0.420 e. The number of hydrogen-bond acceptors (Lipinski definition) is 3. The molecule has 0 spiro atoms. The zero-order valence-electron chi connectivity index (χ0n) is 15.6. The maximum atomic E-state index is 13.2. The first-order chi connectivity index (χ1) is 14.3. The fourth-order valence-electron chi connectivity index (χ4n) is 3.37. The summed E-state index contributed by atoms with van der Waals surface area (Å²) in [5, 5.41) is 11.2. The monoisotopic (exact) mass is 435 g/mol. The normalized spacial score (nSPS) is 12.0. The van der Waals surface area contributed by atoms with Gasteiger partial charge in [-0.1, -0.05) is 29.8 Å². The second kappa shape index (κ2) is 7.98. The van der Waals surface area contributed by atoms with Crippen LogP contribution in [0.15, 0.2) is 42.7 Å². The molecule has 6 nitrogen and oxygen atoms in total. The number of fused-ring (bicyclic) bond motifs is 2. The number of H-pyrrole nitrogens is 1. The van der Waals surface area contributed by atoms with E-state index in [1.54, 1.807) is 0 Å².